The molecule has 2 saturated heterocycles. The minimum Gasteiger partial charge on any atom is -0.489 e. The van der Waals surface area contributed by atoms with Crippen molar-refractivity contribution < 1.29 is 28.2 Å². The van der Waals surface area contributed by atoms with Gasteiger partial charge in [-0.05, 0) is 49.2 Å². The molecular formula is C29H31FN6O5. The van der Waals surface area contributed by atoms with Crippen LogP contribution in [0.1, 0.15) is 25.3 Å². The molecule has 4 aliphatic heterocycles. The standard InChI is InChI=1S/C22H25FN6O4.C7H6O/c1-13(30)19-11-25-6-7-28(19)21-26-9-14(10-27-21)17-4-2-15(8-18(17)23)29-12-16(33-22(29)32)3-5-20(24)31;1-3-7-4-2-6(1)5-8-7/h2,4,8-10,16,19,25H,3,5-7,11-12H2,1H3,(H2,24,31);1-4H,5H2. The van der Waals surface area contributed by atoms with Gasteiger partial charge in [-0.25, -0.2) is 19.2 Å². The number of fused-ring (bicyclic) bond motifs is 3. The van der Waals surface area contributed by atoms with E-state index in [-0.39, 0.29) is 30.4 Å². The van der Waals surface area contributed by atoms with Crippen LogP contribution in [-0.2, 0) is 20.9 Å². The summed E-state index contributed by atoms with van der Waals surface area (Å²) in [5.74, 6) is 0.413. The molecule has 41 heavy (non-hydrogen) atoms. The van der Waals surface area contributed by atoms with Crippen molar-refractivity contribution in [3.05, 3.63) is 66.2 Å². The normalized spacial score (nSPS) is 19.2. The summed E-state index contributed by atoms with van der Waals surface area (Å²) in [6, 6.07) is 12.2. The lowest BCUT2D eigenvalue weighted by molar-refractivity contribution is -0.119. The predicted molar refractivity (Wildman–Crippen MR) is 149 cm³/mol. The van der Waals surface area contributed by atoms with Crippen LogP contribution in [0.4, 0.5) is 20.8 Å². The molecule has 11 nitrogen and oxygen atoms in total. The summed E-state index contributed by atoms with van der Waals surface area (Å²) < 4.78 is 25.3. The zero-order chi connectivity index (χ0) is 28.9. The van der Waals surface area contributed by atoms with Crippen molar-refractivity contribution in [2.75, 3.05) is 36.0 Å². The number of ether oxygens (including phenoxy) is 2. The Morgan fingerprint density at radius 2 is 1.90 bits per heavy atom. The summed E-state index contributed by atoms with van der Waals surface area (Å²) in [6.45, 7) is 4.35. The number of carbonyl (C=O) groups is 3. The molecule has 7 rings (SSSR count). The Morgan fingerprint density at radius 3 is 2.46 bits per heavy atom. The van der Waals surface area contributed by atoms with Crippen LogP contribution < -0.4 is 25.6 Å². The number of primary amides is 1. The molecule has 4 aliphatic rings. The number of piperazine rings is 1. The number of ketones is 1. The van der Waals surface area contributed by atoms with Crippen molar-refractivity contribution in [3.8, 4) is 16.9 Å². The molecule has 214 valence electrons. The van der Waals surface area contributed by atoms with Crippen molar-refractivity contribution in [3.63, 3.8) is 0 Å². The van der Waals surface area contributed by atoms with Gasteiger partial charge < -0.3 is 25.4 Å². The third kappa shape index (κ3) is 6.60. The van der Waals surface area contributed by atoms with E-state index in [0.29, 0.717) is 43.3 Å². The van der Waals surface area contributed by atoms with E-state index in [0.717, 1.165) is 12.4 Å². The Bertz CT molecular complexity index is 1400. The fourth-order valence-corrected chi connectivity index (χ4v) is 4.86. The van der Waals surface area contributed by atoms with E-state index in [2.05, 4.69) is 27.4 Å². The Labute approximate surface area is 236 Å². The monoisotopic (exact) mass is 562 g/mol. The molecule has 1 aromatic heterocycles. The Balaban J connectivity index is 0.000000358. The van der Waals surface area contributed by atoms with Crippen molar-refractivity contribution in [2.24, 2.45) is 5.73 Å². The van der Waals surface area contributed by atoms with E-state index in [9.17, 15) is 18.8 Å². The first-order valence-electron chi connectivity index (χ1n) is 13.4. The largest absolute Gasteiger partial charge is 0.489 e. The average Bonchev–Trinajstić information content (AvgIpc) is 3.38. The van der Waals surface area contributed by atoms with E-state index >= 15 is 0 Å². The molecule has 2 aromatic carbocycles. The quantitative estimate of drug-likeness (QED) is 0.445. The van der Waals surface area contributed by atoms with Gasteiger partial charge in [0.15, 0.2) is 5.78 Å². The van der Waals surface area contributed by atoms with Crippen LogP contribution in [0.5, 0.6) is 5.75 Å². The number of rotatable bonds is 7. The number of carbonyl (C=O) groups excluding carboxylic acids is 3. The summed E-state index contributed by atoms with van der Waals surface area (Å²) >= 11 is 0. The maximum absolute atomic E-state index is 14.9. The van der Waals surface area contributed by atoms with Crippen LogP contribution >= 0.6 is 0 Å². The Morgan fingerprint density at radius 1 is 1.15 bits per heavy atom. The predicted octanol–water partition coefficient (Wildman–Crippen LogP) is 2.82. The second kappa shape index (κ2) is 12.3. The van der Waals surface area contributed by atoms with Gasteiger partial charge in [0.25, 0.3) is 0 Å². The number of hydrogen-bond donors (Lipinski definition) is 2. The van der Waals surface area contributed by atoms with E-state index in [1.165, 1.54) is 35.8 Å². The number of halogens is 1. The highest BCUT2D eigenvalue weighted by atomic mass is 19.1. The molecule has 12 heteroatoms. The fraction of sp³-hybridized carbons (Fsp3) is 0.345. The summed E-state index contributed by atoms with van der Waals surface area (Å²) in [4.78, 5) is 46.9. The van der Waals surface area contributed by atoms with Crippen LogP contribution in [0.25, 0.3) is 11.1 Å². The van der Waals surface area contributed by atoms with Crippen LogP contribution in [0.15, 0.2) is 54.9 Å². The van der Waals surface area contributed by atoms with Gasteiger partial charge in [-0.2, -0.15) is 0 Å². The van der Waals surface area contributed by atoms with Gasteiger partial charge in [0.1, 0.15) is 30.3 Å². The third-order valence-electron chi connectivity index (χ3n) is 7.10. The second-order valence-corrected chi connectivity index (χ2v) is 10.0. The highest BCUT2D eigenvalue weighted by Crippen LogP contribution is 2.30. The molecule has 0 saturated carbocycles. The lowest BCUT2D eigenvalue weighted by atomic mass is 10.1. The van der Waals surface area contributed by atoms with E-state index in [4.69, 9.17) is 15.2 Å². The maximum Gasteiger partial charge on any atom is 0.414 e. The van der Waals surface area contributed by atoms with Crippen molar-refractivity contribution in [2.45, 2.75) is 38.5 Å². The number of nitrogens with two attached hydrogens (primary N) is 1. The van der Waals surface area contributed by atoms with E-state index in [1.54, 1.807) is 12.1 Å². The molecule has 2 bridgehead atoms. The molecule has 3 N–H and O–H groups in total. The highest BCUT2D eigenvalue weighted by molar-refractivity contribution is 5.90. The smallest absolute Gasteiger partial charge is 0.414 e. The van der Waals surface area contributed by atoms with Crippen LogP contribution in [0.3, 0.4) is 0 Å². The number of amides is 2. The molecule has 5 heterocycles. The maximum atomic E-state index is 14.9. The molecule has 2 fully saturated rings. The first kappa shape index (κ1) is 28.0. The van der Waals surface area contributed by atoms with Gasteiger partial charge in [-0.1, -0.05) is 12.1 Å². The van der Waals surface area contributed by atoms with Crippen molar-refractivity contribution >= 4 is 29.4 Å². The second-order valence-electron chi connectivity index (χ2n) is 10.0. The molecule has 0 radical (unpaired) electrons. The number of benzene rings is 2. The molecule has 2 amide bonds. The van der Waals surface area contributed by atoms with Gasteiger partial charge in [0.2, 0.25) is 11.9 Å². The number of Topliss-reactive ketones (excluding diaryl/α,β-unsaturated/α-hetero) is 1. The number of hydrogen-bond acceptors (Lipinski definition) is 9. The van der Waals surface area contributed by atoms with Crippen LogP contribution in [-0.4, -0.2) is 66.1 Å². The number of aromatic nitrogens is 2. The molecular weight excluding hydrogens is 531 g/mol. The van der Waals surface area contributed by atoms with Crippen LogP contribution in [0.2, 0.25) is 0 Å². The first-order valence-corrected chi connectivity index (χ1v) is 13.4. The lowest BCUT2D eigenvalue weighted by Gasteiger charge is -2.34. The van der Waals surface area contributed by atoms with Crippen molar-refractivity contribution in [1.82, 2.24) is 15.3 Å². The molecule has 3 aromatic rings. The van der Waals surface area contributed by atoms with Crippen LogP contribution in [0, 0.1) is 5.82 Å². The number of nitrogens with zero attached hydrogens (tertiary/aromatic N) is 4. The zero-order valence-electron chi connectivity index (χ0n) is 22.6. The van der Waals surface area contributed by atoms with Gasteiger partial charge in [0, 0.05) is 49.6 Å². The van der Waals surface area contributed by atoms with E-state index < -0.39 is 23.9 Å². The number of cyclic esters (lactones) is 1. The topological polar surface area (TPSA) is 140 Å². The van der Waals surface area contributed by atoms with Gasteiger partial charge >= 0.3 is 6.09 Å². The lowest BCUT2D eigenvalue weighted by Crippen LogP contribution is -2.55. The minimum absolute atomic E-state index is 0.0221. The molecule has 0 spiro atoms. The summed E-state index contributed by atoms with van der Waals surface area (Å²) in [5.41, 5.74) is 7.51. The first-order chi connectivity index (χ1) is 19.8. The highest BCUT2D eigenvalue weighted by Gasteiger charge is 2.33. The van der Waals surface area contributed by atoms with Gasteiger partial charge in [-0.15, -0.1) is 0 Å². The summed E-state index contributed by atoms with van der Waals surface area (Å²) in [5, 5.41) is 3.18. The molecule has 0 aliphatic carbocycles. The van der Waals surface area contributed by atoms with E-state index in [1.807, 2.05) is 17.0 Å². The Hall–Kier alpha value is -4.58. The Kier molecular flexibility index (Phi) is 8.39. The third-order valence-corrected chi connectivity index (χ3v) is 7.10. The average molecular weight is 563 g/mol. The molecule has 2 unspecified atom stereocenters. The summed E-state index contributed by atoms with van der Waals surface area (Å²) in [6.07, 6.45) is 2.39. The van der Waals surface area contributed by atoms with Gasteiger partial charge in [-0.3, -0.25) is 14.5 Å². The molecule has 2 atom stereocenters. The zero-order valence-corrected chi connectivity index (χ0v) is 22.6. The minimum atomic E-state index is -0.597. The SMILES string of the molecule is CC(=O)C1CNCCN1c1ncc(-c2ccc(N3CC(CCC(N)=O)OC3=O)cc2F)cn1.c1cc2ccc1CO2. The van der Waals surface area contributed by atoms with Crippen molar-refractivity contribution in [1.29, 1.82) is 0 Å². The summed E-state index contributed by atoms with van der Waals surface area (Å²) in [7, 11) is 0. The van der Waals surface area contributed by atoms with Gasteiger partial charge in [0.05, 0.1) is 12.2 Å². The number of anilines is 2. The fourth-order valence-electron chi connectivity index (χ4n) is 4.86. The number of nitrogens with one attached hydrogen (secondary N) is 1.